The quantitative estimate of drug-likeness (QED) is 0.480. The fourth-order valence-corrected chi connectivity index (χ4v) is 1.35. The molecule has 0 aliphatic carbocycles. The van der Waals surface area contributed by atoms with Crippen molar-refractivity contribution >= 4 is 34.7 Å². The number of anilines is 1. The highest BCUT2D eigenvalue weighted by Gasteiger charge is 2.16. The van der Waals surface area contributed by atoms with Crippen LogP contribution < -0.4 is 5.73 Å². The van der Waals surface area contributed by atoms with E-state index in [1.54, 1.807) is 0 Å². The normalized spacial score (nSPS) is 9.50. The van der Waals surface area contributed by atoms with Crippen LogP contribution in [0, 0.1) is 11.3 Å². The number of hydrogen-bond donors (Lipinski definition) is 1. The summed E-state index contributed by atoms with van der Waals surface area (Å²) in [5.74, 6) is -0.623. The summed E-state index contributed by atoms with van der Waals surface area (Å²) in [6.07, 6.45) is 0. The van der Waals surface area contributed by atoms with Gasteiger partial charge < -0.3 is 5.73 Å². The minimum atomic E-state index is -0.400. The minimum absolute atomic E-state index is 0.106. The topological polar surface area (TPSA) is 66.9 Å². The molecular formula is C9H6Cl2N2O. The van der Waals surface area contributed by atoms with Gasteiger partial charge in [-0.05, 0) is 12.1 Å². The summed E-state index contributed by atoms with van der Waals surface area (Å²) in [6.45, 7) is 0. The lowest BCUT2D eigenvalue weighted by atomic mass is 10.0. The summed E-state index contributed by atoms with van der Waals surface area (Å²) in [5, 5.41) is 8.98. The maximum Gasteiger partial charge on any atom is 0.181 e. The van der Waals surface area contributed by atoms with E-state index in [9.17, 15) is 4.79 Å². The lowest BCUT2D eigenvalue weighted by Gasteiger charge is -2.06. The Morgan fingerprint density at radius 2 is 2.21 bits per heavy atom. The first kappa shape index (κ1) is 10.8. The summed E-state index contributed by atoms with van der Waals surface area (Å²) in [6, 6.07) is 4.78. The lowest BCUT2D eigenvalue weighted by molar-refractivity contribution is 0.102. The van der Waals surface area contributed by atoms with Crippen LogP contribution in [0.2, 0.25) is 5.02 Å². The third kappa shape index (κ3) is 1.82. The van der Waals surface area contributed by atoms with Crippen LogP contribution in [-0.4, -0.2) is 11.7 Å². The predicted molar refractivity (Wildman–Crippen MR) is 55.6 cm³/mol. The molecule has 2 N–H and O–H groups in total. The van der Waals surface area contributed by atoms with Gasteiger partial charge in [0, 0.05) is 0 Å². The predicted octanol–water partition coefficient (Wildman–Crippen LogP) is 2.22. The van der Waals surface area contributed by atoms with Crippen LogP contribution in [0.25, 0.3) is 0 Å². The van der Waals surface area contributed by atoms with Crippen LogP contribution in [0.15, 0.2) is 12.1 Å². The van der Waals surface area contributed by atoms with Crippen molar-refractivity contribution in [2.24, 2.45) is 0 Å². The number of nitrogens with zero attached hydrogens (tertiary/aromatic N) is 1. The number of alkyl halides is 1. The highest BCUT2D eigenvalue weighted by atomic mass is 35.5. The molecule has 14 heavy (non-hydrogen) atoms. The first-order valence-electron chi connectivity index (χ1n) is 3.69. The zero-order valence-electron chi connectivity index (χ0n) is 7.05. The molecule has 0 saturated carbocycles. The van der Waals surface area contributed by atoms with E-state index in [-0.39, 0.29) is 27.7 Å². The molecule has 3 nitrogen and oxygen atoms in total. The average molecular weight is 229 g/mol. The Balaban J connectivity index is 3.45. The third-order valence-electron chi connectivity index (χ3n) is 1.71. The summed E-state index contributed by atoms with van der Waals surface area (Å²) in [7, 11) is 0. The number of halogens is 2. The van der Waals surface area contributed by atoms with E-state index in [4.69, 9.17) is 34.2 Å². The van der Waals surface area contributed by atoms with Crippen molar-refractivity contribution in [1.82, 2.24) is 0 Å². The van der Waals surface area contributed by atoms with E-state index in [0.717, 1.165) is 0 Å². The molecule has 0 atom stereocenters. The van der Waals surface area contributed by atoms with Crippen LogP contribution in [0.1, 0.15) is 15.9 Å². The molecule has 0 aromatic heterocycles. The number of carbonyl (C=O) groups is 1. The zero-order chi connectivity index (χ0) is 10.7. The van der Waals surface area contributed by atoms with Gasteiger partial charge >= 0.3 is 0 Å². The zero-order valence-corrected chi connectivity index (χ0v) is 8.56. The Morgan fingerprint density at radius 1 is 1.57 bits per heavy atom. The van der Waals surface area contributed by atoms with E-state index < -0.39 is 5.78 Å². The molecule has 0 aliphatic rings. The van der Waals surface area contributed by atoms with Crippen LogP contribution in [0.5, 0.6) is 0 Å². The van der Waals surface area contributed by atoms with Gasteiger partial charge in [0.2, 0.25) is 0 Å². The van der Waals surface area contributed by atoms with Crippen molar-refractivity contribution in [3.05, 3.63) is 28.3 Å². The van der Waals surface area contributed by atoms with Crippen molar-refractivity contribution in [2.45, 2.75) is 0 Å². The Labute approximate surface area is 91.0 Å². The molecule has 0 radical (unpaired) electrons. The number of hydrogen-bond acceptors (Lipinski definition) is 3. The molecule has 1 rings (SSSR count). The molecule has 0 bridgehead atoms. The van der Waals surface area contributed by atoms with Gasteiger partial charge in [0.1, 0.15) is 0 Å². The van der Waals surface area contributed by atoms with Gasteiger partial charge in [-0.2, -0.15) is 5.26 Å². The van der Waals surface area contributed by atoms with E-state index in [1.807, 2.05) is 6.07 Å². The molecule has 5 heteroatoms. The minimum Gasteiger partial charge on any atom is -0.397 e. The fourth-order valence-electron chi connectivity index (χ4n) is 1.05. The van der Waals surface area contributed by atoms with Gasteiger partial charge in [-0.3, -0.25) is 4.79 Å². The van der Waals surface area contributed by atoms with Crippen molar-refractivity contribution in [3.8, 4) is 6.07 Å². The summed E-state index contributed by atoms with van der Waals surface area (Å²) in [5.41, 5.74) is 5.98. The van der Waals surface area contributed by atoms with Crippen molar-refractivity contribution in [1.29, 1.82) is 5.26 Å². The van der Waals surface area contributed by atoms with Gasteiger partial charge in [0.15, 0.2) is 5.78 Å². The van der Waals surface area contributed by atoms with E-state index in [1.165, 1.54) is 12.1 Å². The molecule has 0 unspecified atom stereocenters. The average Bonchev–Trinajstić information content (AvgIpc) is 2.20. The summed E-state index contributed by atoms with van der Waals surface area (Å²) in [4.78, 5) is 11.3. The van der Waals surface area contributed by atoms with Crippen LogP contribution >= 0.6 is 23.2 Å². The number of nitrogens with two attached hydrogens (primary N) is 1. The second kappa shape index (κ2) is 4.32. The molecule has 1 aromatic carbocycles. The molecule has 0 saturated heterocycles. The Kier molecular flexibility index (Phi) is 3.34. The number of nitriles is 1. The number of rotatable bonds is 2. The van der Waals surface area contributed by atoms with E-state index >= 15 is 0 Å². The smallest absolute Gasteiger partial charge is 0.181 e. The van der Waals surface area contributed by atoms with Crippen LogP contribution in [0.3, 0.4) is 0 Å². The van der Waals surface area contributed by atoms with Gasteiger partial charge in [0.25, 0.3) is 0 Å². The largest absolute Gasteiger partial charge is 0.397 e. The monoisotopic (exact) mass is 228 g/mol. The highest BCUT2D eigenvalue weighted by molar-refractivity contribution is 6.36. The number of benzene rings is 1. The van der Waals surface area contributed by atoms with Crippen molar-refractivity contribution in [3.63, 3.8) is 0 Å². The Hall–Kier alpha value is -1.24. The second-order valence-electron chi connectivity index (χ2n) is 2.55. The molecule has 0 spiro atoms. The standard InChI is InChI=1S/C9H6Cl2N2O/c10-3-7(14)8-5(4-12)1-2-6(11)9(8)13/h1-2H,3,13H2. The molecular weight excluding hydrogens is 223 g/mol. The highest BCUT2D eigenvalue weighted by Crippen LogP contribution is 2.26. The van der Waals surface area contributed by atoms with Crippen molar-refractivity contribution < 1.29 is 4.79 Å². The molecule has 1 aromatic rings. The molecule has 0 heterocycles. The number of carbonyl (C=O) groups excluding carboxylic acids is 1. The lowest BCUT2D eigenvalue weighted by Crippen LogP contribution is -2.08. The van der Waals surface area contributed by atoms with Crippen molar-refractivity contribution in [2.75, 3.05) is 11.6 Å². The Morgan fingerprint density at radius 3 is 2.71 bits per heavy atom. The van der Waals surface area contributed by atoms with Gasteiger partial charge in [-0.25, -0.2) is 0 Å². The maximum absolute atomic E-state index is 11.3. The maximum atomic E-state index is 11.3. The van der Waals surface area contributed by atoms with Crippen LogP contribution in [-0.2, 0) is 0 Å². The number of ketones is 1. The van der Waals surface area contributed by atoms with Gasteiger partial charge in [-0.1, -0.05) is 11.6 Å². The Bertz CT molecular complexity index is 424. The van der Waals surface area contributed by atoms with E-state index in [2.05, 4.69) is 0 Å². The molecule has 0 fully saturated rings. The number of nitrogen functional groups attached to an aromatic ring is 1. The molecule has 0 aliphatic heterocycles. The molecule has 72 valence electrons. The number of Topliss-reactive ketones (excluding diaryl/α,β-unsaturated/α-hetero) is 1. The van der Waals surface area contributed by atoms with Gasteiger partial charge in [0.05, 0.1) is 33.8 Å². The summed E-state index contributed by atoms with van der Waals surface area (Å²) >= 11 is 11.1. The van der Waals surface area contributed by atoms with Gasteiger partial charge in [-0.15, -0.1) is 11.6 Å². The first-order valence-corrected chi connectivity index (χ1v) is 4.60. The van der Waals surface area contributed by atoms with E-state index in [0.29, 0.717) is 0 Å². The molecule has 0 amide bonds. The summed E-state index contributed by atoms with van der Waals surface area (Å²) < 4.78 is 0. The fraction of sp³-hybridized carbons (Fsp3) is 0.111. The third-order valence-corrected chi connectivity index (χ3v) is 2.29. The second-order valence-corrected chi connectivity index (χ2v) is 3.23. The van der Waals surface area contributed by atoms with Crippen LogP contribution in [0.4, 0.5) is 5.69 Å². The SMILES string of the molecule is N#Cc1ccc(Cl)c(N)c1C(=O)CCl. The first-order chi connectivity index (χ1) is 6.61.